The summed E-state index contributed by atoms with van der Waals surface area (Å²) in [6.07, 6.45) is 0. The second-order valence-electron chi connectivity index (χ2n) is 4.85. The van der Waals surface area contributed by atoms with Crippen molar-refractivity contribution in [1.29, 1.82) is 0 Å². The van der Waals surface area contributed by atoms with Crippen LogP contribution in [0.25, 0.3) is 0 Å². The van der Waals surface area contributed by atoms with Crippen molar-refractivity contribution >= 4 is 34.9 Å². The van der Waals surface area contributed by atoms with E-state index >= 15 is 0 Å². The van der Waals surface area contributed by atoms with Gasteiger partial charge in [-0.1, -0.05) is 36.4 Å². The quantitative estimate of drug-likeness (QED) is 0.669. The third kappa shape index (κ3) is 4.89. The number of hydrogen-bond acceptors (Lipinski definition) is 4. The molecule has 124 valence electrons. The number of thiocarbonyl (C=S) groups is 1. The van der Waals surface area contributed by atoms with Crippen LogP contribution in [0.2, 0.25) is 0 Å². The summed E-state index contributed by atoms with van der Waals surface area (Å²) in [7, 11) is 0. The third-order valence-corrected chi connectivity index (χ3v) is 3.48. The molecule has 0 aliphatic carbocycles. The fraction of sp³-hybridized carbons (Fsp3) is 0.167. The van der Waals surface area contributed by atoms with Gasteiger partial charge in [0.15, 0.2) is 5.11 Å². The Bertz CT molecular complexity index is 705. The van der Waals surface area contributed by atoms with E-state index in [4.69, 9.17) is 17.0 Å². The number of nitrogens with one attached hydrogen (secondary N) is 1. The van der Waals surface area contributed by atoms with Crippen LogP contribution in [0.15, 0.2) is 60.7 Å². The van der Waals surface area contributed by atoms with Gasteiger partial charge in [0, 0.05) is 11.3 Å². The number of rotatable bonds is 5. The number of carbonyl (C=O) groups is 2. The maximum atomic E-state index is 12.3. The molecule has 0 atom stereocenters. The fourth-order valence-corrected chi connectivity index (χ4v) is 2.31. The van der Waals surface area contributed by atoms with Gasteiger partial charge < -0.3 is 9.64 Å². The van der Waals surface area contributed by atoms with Gasteiger partial charge in [-0.25, -0.2) is 0 Å². The molecule has 0 aliphatic rings. The molecule has 2 aromatic carbocycles. The number of carbonyl (C=O) groups excluding carboxylic acids is 2. The van der Waals surface area contributed by atoms with Gasteiger partial charge in [-0.15, -0.1) is 0 Å². The van der Waals surface area contributed by atoms with Crippen LogP contribution < -0.4 is 10.2 Å². The molecule has 0 unspecified atom stereocenters. The number of nitrogens with zero attached hydrogens (tertiary/aromatic N) is 1. The highest BCUT2D eigenvalue weighted by Gasteiger charge is 2.19. The zero-order chi connectivity index (χ0) is 17.4. The first kappa shape index (κ1) is 17.6. The summed E-state index contributed by atoms with van der Waals surface area (Å²) >= 11 is 5.32. The minimum atomic E-state index is -0.419. The molecule has 0 bridgehead atoms. The van der Waals surface area contributed by atoms with Crippen LogP contribution in [0, 0.1) is 0 Å². The van der Waals surface area contributed by atoms with Crippen LogP contribution in [0.5, 0.6) is 0 Å². The first-order chi connectivity index (χ1) is 11.6. The first-order valence-electron chi connectivity index (χ1n) is 7.50. The Morgan fingerprint density at radius 1 is 1.04 bits per heavy atom. The van der Waals surface area contributed by atoms with Crippen LogP contribution in [-0.4, -0.2) is 30.1 Å². The van der Waals surface area contributed by atoms with Crippen molar-refractivity contribution < 1.29 is 14.3 Å². The topological polar surface area (TPSA) is 58.6 Å². The summed E-state index contributed by atoms with van der Waals surface area (Å²) in [5.74, 6) is -0.747. The standard InChI is InChI=1S/C18H18N2O3S/c1-2-23-16(21)13-20(15-11-7-4-8-12-15)18(24)19-17(22)14-9-5-3-6-10-14/h3-12H,2,13H2,1H3,(H,19,22,24). The van der Waals surface area contributed by atoms with Crippen LogP contribution in [0.3, 0.4) is 0 Å². The minimum absolute atomic E-state index is 0.0776. The number of hydrogen-bond donors (Lipinski definition) is 1. The lowest BCUT2D eigenvalue weighted by molar-refractivity contribution is -0.141. The van der Waals surface area contributed by atoms with Gasteiger partial charge in [0.25, 0.3) is 5.91 Å². The van der Waals surface area contributed by atoms with Gasteiger partial charge >= 0.3 is 5.97 Å². The van der Waals surface area contributed by atoms with Crippen molar-refractivity contribution in [3.8, 4) is 0 Å². The maximum Gasteiger partial charge on any atom is 0.326 e. The fourth-order valence-electron chi connectivity index (χ4n) is 2.05. The Hall–Kier alpha value is -2.73. The molecule has 0 aromatic heterocycles. The molecule has 0 heterocycles. The molecule has 1 amide bonds. The Balaban J connectivity index is 2.15. The van der Waals surface area contributed by atoms with Crippen LogP contribution >= 0.6 is 12.2 Å². The number of benzene rings is 2. The predicted octanol–water partition coefficient (Wildman–Crippen LogP) is 2.77. The molecule has 0 aliphatic heterocycles. The zero-order valence-corrected chi connectivity index (χ0v) is 14.1. The Morgan fingerprint density at radius 2 is 1.62 bits per heavy atom. The lowest BCUT2D eigenvalue weighted by Gasteiger charge is -2.24. The van der Waals surface area contributed by atoms with E-state index in [-0.39, 0.29) is 24.2 Å². The molecule has 2 rings (SSSR count). The van der Waals surface area contributed by atoms with Crippen molar-refractivity contribution in [2.24, 2.45) is 0 Å². The van der Waals surface area contributed by atoms with Gasteiger partial charge in [0.1, 0.15) is 6.54 Å². The van der Waals surface area contributed by atoms with E-state index in [1.807, 2.05) is 24.3 Å². The lowest BCUT2D eigenvalue weighted by atomic mass is 10.2. The molecule has 24 heavy (non-hydrogen) atoms. The van der Waals surface area contributed by atoms with Gasteiger partial charge in [-0.2, -0.15) is 0 Å². The van der Waals surface area contributed by atoms with Crippen molar-refractivity contribution in [3.63, 3.8) is 0 Å². The van der Waals surface area contributed by atoms with E-state index in [1.54, 1.807) is 43.3 Å². The van der Waals surface area contributed by atoms with Gasteiger partial charge in [0.05, 0.1) is 6.61 Å². The zero-order valence-electron chi connectivity index (χ0n) is 13.3. The van der Waals surface area contributed by atoms with E-state index in [0.29, 0.717) is 11.3 Å². The smallest absolute Gasteiger partial charge is 0.326 e. The predicted molar refractivity (Wildman–Crippen MR) is 96.9 cm³/mol. The Morgan fingerprint density at radius 3 is 2.21 bits per heavy atom. The summed E-state index contributed by atoms with van der Waals surface area (Å²) in [5.41, 5.74) is 1.19. The highest BCUT2D eigenvalue weighted by Crippen LogP contribution is 2.14. The van der Waals surface area contributed by atoms with Crippen LogP contribution in [0.1, 0.15) is 17.3 Å². The summed E-state index contributed by atoms with van der Waals surface area (Å²) in [5, 5.41) is 2.79. The van der Waals surface area contributed by atoms with Crippen molar-refractivity contribution in [2.45, 2.75) is 6.92 Å². The van der Waals surface area contributed by atoms with E-state index in [1.165, 1.54) is 4.90 Å². The SMILES string of the molecule is CCOC(=O)CN(C(=S)NC(=O)c1ccccc1)c1ccccc1. The third-order valence-electron chi connectivity index (χ3n) is 3.16. The van der Waals surface area contributed by atoms with Crippen molar-refractivity contribution in [1.82, 2.24) is 5.32 Å². The average molecular weight is 342 g/mol. The number of amides is 1. The van der Waals surface area contributed by atoms with Gasteiger partial charge in [-0.3, -0.25) is 14.9 Å². The number of esters is 1. The first-order valence-corrected chi connectivity index (χ1v) is 7.91. The normalized spacial score (nSPS) is 9.88. The summed E-state index contributed by atoms with van der Waals surface area (Å²) in [6.45, 7) is 1.94. The molecular formula is C18H18N2O3S. The Kier molecular flexibility index (Phi) is 6.45. The van der Waals surface area contributed by atoms with Crippen molar-refractivity contribution in [3.05, 3.63) is 66.2 Å². The molecule has 1 N–H and O–H groups in total. The van der Waals surface area contributed by atoms with Crippen LogP contribution in [0.4, 0.5) is 5.69 Å². The maximum absolute atomic E-state index is 12.3. The molecule has 5 nitrogen and oxygen atoms in total. The highest BCUT2D eigenvalue weighted by molar-refractivity contribution is 7.80. The average Bonchev–Trinajstić information content (AvgIpc) is 2.61. The lowest BCUT2D eigenvalue weighted by Crippen LogP contribution is -2.45. The molecule has 0 spiro atoms. The number of ether oxygens (including phenoxy) is 1. The molecule has 0 radical (unpaired) electrons. The highest BCUT2D eigenvalue weighted by atomic mass is 32.1. The summed E-state index contributed by atoms with van der Waals surface area (Å²) in [6, 6.07) is 17.9. The Labute approximate surface area is 146 Å². The summed E-state index contributed by atoms with van der Waals surface area (Å²) < 4.78 is 4.98. The van der Waals surface area contributed by atoms with E-state index in [0.717, 1.165) is 0 Å². The monoisotopic (exact) mass is 342 g/mol. The van der Waals surface area contributed by atoms with Gasteiger partial charge in [-0.05, 0) is 43.4 Å². The number of anilines is 1. The molecule has 0 saturated carbocycles. The van der Waals surface area contributed by atoms with Gasteiger partial charge in [0.2, 0.25) is 0 Å². The summed E-state index contributed by atoms with van der Waals surface area (Å²) in [4.78, 5) is 25.6. The van der Waals surface area contributed by atoms with Crippen LogP contribution in [-0.2, 0) is 9.53 Å². The van der Waals surface area contributed by atoms with E-state index < -0.39 is 5.97 Å². The number of para-hydroxylation sites is 1. The minimum Gasteiger partial charge on any atom is -0.465 e. The second-order valence-corrected chi connectivity index (χ2v) is 5.24. The largest absolute Gasteiger partial charge is 0.465 e. The molecule has 0 saturated heterocycles. The molecule has 2 aromatic rings. The van der Waals surface area contributed by atoms with Crippen molar-refractivity contribution in [2.75, 3.05) is 18.1 Å². The molecule has 6 heteroatoms. The van der Waals surface area contributed by atoms with E-state index in [2.05, 4.69) is 5.32 Å². The molecule has 0 fully saturated rings. The molecular weight excluding hydrogens is 324 g/mol. The second kappa shape index (κ2) is 8.79. The van der Waals surface area contributed by atoms with E-state index in [9.17, 15) is 9.59 Å².